The van der Waals surface area contributed by atoms with Gasteiger partial charge < -0.3 is 20.1 Å². The second-order valence-electron chi connectivity index (χ2n) is 7.26. The van der Waals surface area contributed by atoms with Gasteiger partial charge in [-0.3, -0.25) is 14.4 Å². The van der Waals surface area contributed by atoms with E-state index in [-0.39, 0.29) is 12.5 Å². The number of nitrogens with zero attached hydrogens (tertiary/aromatic N) is 1. The summed E-state index contributed by atoms with van der Waals surface area (Å²) in [5.74, 6) is -1.05. The molecule has 35 heavy (non-hydrogen) atoms. The van der Waals surface area contributed by atoms with Crippen molar-refractivity contribution in [2.75, 3.05) is 24.4 Å². The second kappa shape index (κ2) is 12.2. The number of benzene rings is 3. The van der Waals surface area contributed by atoms with Crippen LogP contribution in [-0.4, -0.2) is 37.7 Å². The first-order valence-electron chi connectivity index (χ1n) is 10.4. The lowest BCUT2D eigenvalue weighted by molar-refractivity contribution is -0.136. The molecule has 0 aliphatic carbocycles. The Labute approximate surface area is 207 Å². The minimum atomic E-state index is -0.944. The molecular formula is C25H23ClN4O5. The molecule has 0 aromatic heterocycles. The highest BCUT2D eigenvalue weighted by molar-refractivity contribution is 6.39. The van der Waals surface area contributed by atoms with E-state index in [2.05, 4.69) is 21.2 Å². The van der Waals surface area contributed by atoms with Crippen molar-refractivity contribution in [2.45, 2.75) is 6.92 Å². The van der Waals surface area contributed by atoms with Gasteiger partial charge in [-0.05, 0) is 66.6 Å². The number of methoxy groups -OCH3 is 1. The third-order valence-electron chi connectivity index (χ3n) is 4.62. The molecule has 0 unspecified atom stereocenters. The Morgan fingerprint density at radius 1 is 0.914 bits per heavy atom. The van der Waals surface area contributed by atoms with Crippen molar-refractivity contribution in [1.82, 2.24) is 5.43 Å². The van der Waals surface area contributed by atoms with Crippen molar-refractivity contribution >= 4 is 46.9 Å². The fourth-order valence-corrected chi connectivity index (χ4v) is 2.96. The number of hydrazone groups is 1. The number of amides is 3. The average molecular weight is 495 g/mol. The van der Waals surface area contributed by atoms with Gasteiger partial charge in [0.15, 0.2) is 6.61 Å². The Morgan fingerprint density at radius 2 is 1.66 bits per heavy atom. The molecule has 0 saturated heterocycles. The summed E-state index contributed by atoms with van der Waals surface area (Å²) in [5.41, 5.74) is 4.60. The fraction of sp³-hybridized carbons (Fsp3) is 0.120. The third kappa shape index (κ3) is 7.86. The van der Waals surface area contributed by atoms with E-state index < -0.39 is 11.8 Å². The minimum Gasteiger partial charge on any atom is -0.497 e. The Morgan fingerprint density at radius 3 is 2.37 bits per heavy atom. The van der Waals surface area contributed by atoms with Crippen molar-refractivity contribution in [3.8, 4) is 11.5 Å². The number of ether oxygens (including phenoxy) is 2. The molecule has 3 aromatic rings. The first-order valence-corrected chi connectivity index (χ1v) is 10.8. The van der Waals surface area contributed by atoms with Crippen LogP contribution in [0.1, 0.15) is 11.1 Å². The monoisotopic (exact) mass is 494 g/mol. The first-order chi connectivity index (χ1) is 16.8. The predicted octanol–water partition coefficient (Wildman–Crippen LogP) is 3.76. The minimum absolute atomic E-state index is 0.202. The molecule has 9 nitrogen and oxygen atoms in total. The number of rotatable bonds is 8. The van der Waals surface area contributed by atoms with Crippen LogP contribution < -0.4 is 25.5 Å². The summed E-state index contributed by atoms with van der Waals surface area (Å²) in [6.45, 7) is 1.62. The predicted molar refractivity (Wildman–Crippen MR) is 134 cm³/mol. The fourth-order valence-electron chi connectivity index (χ4n) is 2.78. The number of nitrogens with one attached hydrogen (secondary N) is 3. The molecule has 3 aromatic carbocycles. The Bertz CT molecular complexity index is 1240. The van der Waals surface area contributed by atoms with Crippen LogP contribution in [0.5, 0.6) is 11.5 Å². The zero-order chi connectivity index (χ0) is 25.2. The quantitative estimate of drug-likeness (QED) is 0.250. The molecule has 0 spiro atoms. The number of halogens is 1. The summed E-state index contributed by atoms with van der Waals surface area (Å²) in [6, 6.07) is 18.6. The normalized spacial score (nSPS) is 10.5. The van der Waals surface area contributed by atoms with Crippen LogP contribution in [0.15, 0.2) is 71.8 Å². The number of anilines is 2. The third-order valence-corrected chi connectivity index (χ3v) is 5.02. The molecule has 0 saturated carbocycles. The van der Waals surface area contributed by atoms with Gasteiger partial charge in [0.1, 0.15) is 11.5 Å². The van der Waals surface area contributed by atoms with Crippen molar-refractivity contribution in [2.24, 2.45) is 5.10 Å². The van der Waals surface area contributed by atoms with Crippen molar-refractivity contribution in [1.29, 1.82) is 0 Å². The summed E-state index contributed by atoms with van der Waals surface area (Å²) in [6.07, 6.45) is 1.35. The van der Waals surface area contributed by atoms with E-state index in [0.717, 1.165) is 5.56 Å². The van der Waals surface area contributed by atoms with E-state index in [1.807, 2.05) is 6.92 Å². The van der Waals surface area contributed by atoms with Gasteiger partial charge in [-0.15, -0.1) is 0 Å². The average Bonchev–Trinajstić information content (AvgIpc) is 2.85. The van der Waals surface area contributed by atoms with Crippen LogP contribution in [0.25, 0.3) is 0 Å². The zero-order valence-electron chi connectivity index (χ0n) is 19.0. The Hall–Kier alpha value is -4.37. The molecule has 3 amide bonds. The van der Waals surface area contributed by atoms with E-state index in [1.54, 1.807) is 73.8 Å². The van der Waals surface area contributed by atoms with E-state index in [4.69, 9.17) is 21.1 Å². The van der Waals surface area contributed by atoms with Crippen molar-refractivity contribution < 1.29 is 23.9 Å². The number of carbonyl (C=O) groups is 3. The molecule has 0 fully saturated rings. The van der Waals surface area contributed by atoms with Crippen LogP contribution in [0.4, 0.5) is 11.4 Å². The van der Waals surface area contributed by atoms with Gasteiger partial charge in [-0.2, -0.15) is 5.10 Å². The van der Waals surface area contributed by atoms with Gasteiger partial charge >= 0.3 is 11.8 Å². The summed E-state index contributed by atoms with van der Waals surface area (Å²) in [7, 11) is 1.56. The Kier molecular flexibility index (Phi) is 8.80. The second-order valence-corrected chi connectivity index (χ2v) is 7.66. The van der Waals surface area contributed by atoms with Crippen LogP contribution >= 0.6 is 11.6 Å². The lowest BCUT2D eigenvalue weighted by Gasteiger charge is -2.08. The molecular weight excluding hydrogens is 472 g/mol. The van der Waals surface area contributed by atoms with Gasteiger partial charge in [0.25, 0.3) is 5.91 Å². The molecule has 10 heteroatoms. The zero-order valence-corrected chi connectivity index (χ0v) is 19.8. The molecule has 0 atom stereocenters. The van der Waals surface area contributed by atoms with Crippen LogP contribution in [0.3, 0.4) is 0 Å². The maximum Gasteiger partial charge on any atom is 0.329 e. The summed E-state index contributed by atoms with van der Waals surface area (Å²) in [4.78, 5) is 36.1. The number of aryl methyl sites for hydroxylation is 1. The molecule has 0 radical (unpaired) electrons. The van der Waals surface area contributed by atoms with E-state index in [0.29, 0.717) is 33.5 Å². The van der Waals surface area contributed by atoms with Gasteiger partial charge in [0.05, 0.1) is 13.3 Å². The first kappa shape index (κ1) is 25.3. The molecule has 0 heterocycles. The molecule has 3 rings (SSSR count). The lowest BCUT2D eigenvalue weighted by Crippen LogP contribution is -2.32. The van der Waals surface area contributed by atoms with Gasteiger partial charge in [-0.1, -0.05) is 29.8 Å². The molecule has 0 bridgehead atoms. The highest BCUT2D eigenvalue weighted by atomic mass is 35.5. The molecule has 3 N–H and O–H groups in total. The maximum absolute atomic E-state index is 12.1. The highest BCUT2D eigenvalue weighted by Gasteiger charge is 2.13. The summed E-state index contributed by atoms with van der Waals surface area (Å²) in [5, 5.41) is 9.42. The standard InChI is InChI=1S/C25H23ClN4O5/c1-16-6-7-19(13-22(16)26)29-24(32)25(33)30-27-14-17-4-3-5-21(12-17)35-15-23(31)28-18-8-10-20(34-2)11-9-18/h3-14H,15H2,1-2H3,(H,28,31)(H,29,32)(H,30,33)/b27-14-. The van der Waals surface area contributed by atoms with Crippen LogP contribution in [-0.2, 0) is 14.4 Å². The van der Waals surface area contributed by atoms with Crippen LogP contribution in [0, 0.1) is 6.92 Å². The lowest BCUT2D eigenvalue weighted by atomic mass is 10.2. The van der Waals surface area contributed by atoms with Crippen molar-refractivity contribution in [3.05, 3.63) is 82.9 Å². The number of hydrogen-bond acceptors (Lipinski definition) is 6. The highest BCUT2D eigenvalue weighted by Crippen LogP contribution is 2.20. The number of hydrogen-bond donors (Lipinski definition) is 3. The van der Waals surface area contributed by atoms with Gasteiger partial charge in [-0.25, -0.2) is 5.43 Å². The smallest absolute Gasteiger partial charge is 0.329 e. The molecule has 0 aliphatic heterocycles. The van der Waals surface area contributed by atoms with Gasteiger partial charge in [0.2, 0.25) is 0 Å². The SMILES string of the molecule is COc1ccc(NC(=O)COc2cccc(/C=N\NC(=O)C(=O)Nc3ccc(C)c(Cl)c3)c2)cc1. The van der Waals surface area contributed by atoms with E-state index >= 15 is 0 Å². The Balaban J connectivity index is 1.47. The van der Waals surface area contributed by atoms with Crippen LogP contribution in [0.2, 0.25) is 5.02 Å². The topological polar surface area (TPSA) is 118 Å². The summed E-state index contributed by atoms with van der Waals surface area (Å²) < 4.78 is 10.6. The van der Waals surface area contributed by atoms with E-state index in [9.17, 15) is 14.4 Å². The maximum atomic E-state index is 12.1. The van der Waals surface area contributed by atoms with Gasteiger partial charge in [0, 0.05) is 16.4 Å². The molecule has 0 aliphatic rings. The van der Waals surface area contributed by atoms with Crippen molar-refractivity contribution in [3.63, 3.8) is 0 Å². The largest absolute Gasteiger partial charge is 0.497 e. The van der Waals surface area contributed by atoms with E-state index in [1.165, 1.54) is 6.21 Å². The molecule has 180 valence electrons. The number of carbonyl (C=O) groups excluding carboxylic acids is 3. The summed E-state index contributed by atoms with van der Waals surface area (Å²) >= 11 is 6.02.